The average Bonchev–Trinajstić information content (AvgIpc) is 2.30. The van der Waals surface area contributed by atoms with Crippen molar-refractivity contribution < 1.29 is 0 Å². The van der Waals surface area contributed by atoms with E-state index in [4.69, 9.17) is 0 Å². The number of hydrogen-bond acceptors (Lipinski definition) is 4. The highest BCUT2D eigenvalue weighted by atomic mass is 15.0. The van der Waals surface area contributed by atoms with Gasteiger partial charge in [-0.15, -0.1) is 0 Å². The quantitative estimate of drug-likeness (QED) is 0.843. The Hall–Kier alpha value is -1.97. The first-order valence-electron chi connectivity index (χ1n) is 5.26. The number of aromatic nitrogens is 3. The van der Waals surface area contributed by atoms with Gasteiger partial charge in [0.05, 0.1) is 0 Å². The molecule has 0 fully saturated rings. The van der Waals surface area contributed by atoms with Crippen LogP contribution in [0.25, 0.3) is 0 Å². The fourth-order valence-electron chi connectivity index (χ4n) is 1.43. The maximum absolute atomic E-state index is 4.13. The lowest BCUT2D eigenvalue weighted by Gasteiger charge is -2.05. The second-order valence-corrected chi connectivity index (χ2v) is 3.58. The smallest absolute Gasteiger partial charge is 0.129 e. The topological polar surface area (TPSA) is 50.7 Å². The summed E-state index contributed by atoms with van der Waals surface area (Å²) in [5, 5.41) is 3.26. The van der Waals surface area contributed by atoms with Crippen LogP contribution in [0.4, 0.5) is 5.82 Å². The van der Waals surface area contributed by atoms with Crippen LogP contribution >= 0.6 is 0 Å². The third-order valence-electron chi connectivity index (χ3n) is 2.25. The van der Waals surface area contributed by atoms with Gasteiger partial charge in [0.15, 0.2) is 0 Å². The van der Waals surface area contributed by atoms with Crippen molar-refractivity contribution in [3.63, 3.8) is 0 Å². The van der Waals surface area contributed by atoms with E-state index >= 15 is 0 Å². The predicted octanol–water partition coefficient (Wildman–Crippen LogP) is 1.83. The highest BCUT2D eigenvalue weighted by Crippen LogP contribution is 2.03. The zero-order valence-electron chi connectivity index (χ0n) is 9.22. The molecule has 0 unspecified atom stereocenters. The molecule has 0 saturated heterocycles. The van der Waals surface area contributed by atoms with Gasteiger partial charge in [-0.3, -0.25) is 4.98 Å². The molecule has 2 rings (SSSR count). The molecule has 82 valence electrons. The normalized spacial score (nSPS) is 10.1. The van der Waals surface area contributed by atoms with Gasteiger partial charge in [-0.05, 0) is 25.0 Å². The molecule has 4 nitrogen and oxygen atoms in total. The van der Waals surface area contributed by atoms with Crippen LogP contribution in [-0.2, 0) is 6.42 Å². The van der Waals surface area contributed by atoms with Crippen molar-refractivity contribution in [2.45, 2.75) is 13.3 Å². The van der Waals surface area contributed by atoms with Crippen LogP contribution in [0.3, 0.4) is 0 Å². The summed E-state index contributed by atoms with van der Waals surface area (Å²) in [6.45, 7) is 2.80. The minimum Gasteiger partial charge on any atom is -0.370 e. The third-order valence-corrected chi connectivity index (χ3v) is 2.25. The molecule has 0 aliphatic heterocycles. The van der Waals surface area contributed by atoms with Crippen LogP contribution in [0, 0.1) is 6.92 Å². The summed E-state index contributed by atoms with van der Waals surface area (Å²) in [6, 6.07) is 5.95. The minimum absolute atomic E-state index is 0.849. The molecular weight excluding hydrogens is 200 g/mol. The van der Waals surface area contributed by atoms with E-state index in [0.717, 1.165) is 24.5 Å². The van der Waals surface area contributed by atoms with Crippen LogP contribution < -0.4 is 5.32 Å². The van der Waals surface area contributed by atoms with E-state index in [-0.39, 0.29) is 0 Å². The average molecular weight is 214 g/mol. The van der Waals surface area contributed by atoms with Crippen molar-refractivity contribution >= 4 is 5.82 Å². The largest absolute Gasteiger partial charge is 0.370 e. The molecule has 0 aliphatic rings. The summed E-state index contributed by atoms with van der Waals surface area (Å²) in [5.41, 5.74) is 2.19. The molecule has 0 aromatic carbocycles. The van der Waals surface area contributed by atoms with Crippen molar-refractivity contribution in [2.75, 3.05) is 11.9 Å². The Labute approximate surface area is 94.8 Å². The summed E-state index contributed by atoms with van der Waals surface area (Å²) in [4.78, 5) is 12.2. The van der Waals surface area contributed by atoms with Crippen molar-refractivity contribution in [1.29, 1.82) is 0 Å². The summed E-state index contributed by atoms with van der Waals surface area (Å²) >= 11 is 0. The fourth-order valence-corrected chi connectivity index (χ4v) is 1.43. The molecule has 0 atom stereocenters. The second kappa shape index (κ2) is 5.21. The summed E-state index contributed by atoms with van der Waals surface area (Å²) in [5.74, 6) is 0.872. The number of anilines is 1. The Bertz CT molecular complexity index is 442. The monoisotopic (exact) mass is 214 g/mol. The van der Waals surface area contributed by atoms with Gasteiger partial charge in [0.2, 0.25) is 0 Å². The summed E-state index contributed by atoms with van der Waals surface area (Å²) in [6.07, 6.45) is 6.18. The number of aryl methyl sites for hydroxylation is 1. The van der Waals surface area contributed by atoms with E-state index in [9.17, 15) is 0 Å². The maximum Gasteiger partial charge on any atom is 0.129 e. The van der Waals surface area contributed by atoms with E-state index < -0.39 is 0 Å². The Morgan fingerprint density at radius 1 is 1.31 bits per heavy atom. The van der Waals surface area contributed by atoms with Crippen molar-refractivity contribution in [3.8, 4) is 0 Å². The van der Waals surface area contributed by atoms with E-state index in [2.05, 4.69) is 26.3 Å². The van der Waals surface area contributed by atoms with Crippen molar-refractivity contribution in [2.24, 2.45) is 0 Å². The summed E-state index contributed by atoms with van der Waals surface area (Å²) < 4.78 is 0. The molecule has 0 bridgehead atoms. The minimum atomic E-state index is 0.849. The first kappa shape index (κ1) is 10.5. The highest BCUT2D eigenvalue weighted by molar-refractivity contribution is 5.34. The molecule has 2 heterocycles. The van der Waals surface area contributed by atoms with Gasteiger partial charge >= 0.3 is 0 Å². The third kappa shape index (κ3) is 3.02. The molecule has 0 spiro atoms. The molecular formula is C12H14N4. The van der Waals surface area contributed by atoms with Crippen LogP contribution in [0.15, 0.2) is 36.9 Å². The lowest BCUT2D eigenvalue weighted by molar-refractivity contribution is 0.983. The molecule has 4 heteroatoms. The zero-order valence-corrected chi connectivity index (χ0v) is 9.22. The summed E-state index contributed by atoms with van der Waals surface area (Å²) in [7, 11) is 0. The Balaban J connectivity index is 1.85. The SMILES string of the molecule is Cc1cc(NCCc2cccnc2)ncn1. The Morgan fingerprint density at radius 3 is 3.00 bits per heavy atom. The fraction of sp³-hybridized carbons (Fsp3) is 0.250. The van der Waals surface area contributed by atoms with Crippen molar-refractivity contribution in [3.05, 3.63) is 48.2 Å². The molecule has 2 aromatic rings. The van der Waals surface area contributed by atoms with Crippen molar-refractivity contribution in [1.82, 2.24) is 15.0 Å². The Morgan fingerprint density at radius 2 is 2.25 bits per heavy atom. The van der Waals surface area contributed by atoms with Crippen LogP contribution in [0.1, 0.15) is 11.3 Å². The zero-order chi connectivity index (χ0) is 11.2. The molecule has 0 aliphatic carbocycles. The van der Waals surface area contributed by atoms with Crippen LogP contribution in [-0.4, -0.2) is 21.5 Å². The predicted molar refractivity (Wildman–Crippen MR) is 63.2 cm³/mol. The van der Waals surface area contributed by atoms with Crippen LogP contribution in [0.2, 0.25) is 0 Å². The Kier molecular flexibility index (Phi) is 3.43. The van der Waals surface area contributed by atoms with Gasteiger partial charge in [0.1, 0.15) is 12.1 Å². The molecule has 0 radical (unpaired) electrons. The number of hydrogen-bond donors (Lipinski definition) is 1. The number of pyridine rings is 1. The standard InChI is InChI=1S/C12H14N4/c1-10-7-12(16-9-15-10)14-6-4-11-3-2-5-13-8-11/h2-3,5,7-9H,4,6H2,1H3,(H,14,15,16). The van der Waals surface area contributed by atoms with Gasteiger partial charge in [0, 0.05) is 30.7 Å². The highest BCUT2D eigenvalue weighted by Gasteiger charge is 1.95. The number of nitrogens with zero attached hydrogens (tertiary/aromatic N) is 3. The molecule has 16 heavy (non-hydrogen) atoms. The second-order valence-electron chi connectivity index (χ2n) is 3.58. The van der Waals surface area contributed by atoms with Gasteiger partial charge in [-0.1, -0.05) is 6.07 Å². The molecule has 0 amide bonds. The van der Waals surface area contributed by atoms with E-state index in [1.165, 1.54) is 5.56 Å². The van der Waals surface area contributed by atoms with Gasteiger partial charge in [0.25, 0.3) is 0 Å². The maximum atomic E-state index is 4.13. The number of rotatable bonds is 4. The first-order chi connectivity index (χ1) is 7.84. The lowest BCUT2D eigenvalue weighted by atomic mass is 10.2. The van der Waals surface area contributed by atoms with E-state index in [0.29, 0.717) is 0 Å². The van der Waals surface area contributed by atoms with Gasteiger partial charge in [-0.25, -0.2) is 9.97 Å². The van der Waals surface area contributed by atoms with Gasteiger partial charge < -0.3 is 5.32 Å². The molecule has 0 saturated carbocycles. The number of nitrogens with one attached hydrogen (secondary N) is 1. The van der Waals surface area contributed by atoms with E-state index in [1.54, 1.807) is 12.5 Å². The van der Waals surface area contributed by atoms with Gasteiger partial charge in [-0.2, -0.15) is 0 Å². The first-order valence-corrected chi connectivity index (χ1v) is 5.26. The molecule has 2 aromatic heterocycles. The van der Waals surface area contributed by atoms with Crippen LogP contribution in [0.5, 0.6) is 0 Å². The van der Waals surface area contributed by atoms with E-state index in [1.807, 2.05) is 25.3 Å². The molecule has 1 N–H and O–H groups in total. The lowest BCUT2D eigenvalue weighted by Crippen LogP contribution is -2.06.